The summed E-state index contributed by atoms with van der Waals surface area (Å²) in [5.74, 6) is 0.0795. The van der Waals surface area contributed by atoms with Crippen LogP contribution in [0.1, 0.15) is 42.1 Å². The molecule has 0 amide bonds. The van der Waals surface area contributed by atoms with Crippen molar-refractivity contribution in [3.05, 3.63) is 71.4 Å². The van der Waals surface area contributed by atoms with Gasteiger partial charge in [-0.1, -0.05) is 12.1 Å². The van der Waals surface area contributed by atoms with Crippen molar-refractivity contribution in [3.8, 4) is 5.75 Å². The molecule has 0 fully saturated rings. The van der Waals surface area contributed by atoms with Crippen LogP contribution >= 0.6 is 0 Å². The summed E-state index contributed by atoms with van der Waals surface area (Å²) in [5, 5.41) is 9.76. The first-order valence-electron chi connectivity index (χ1n) is 7.70. The van der Waals surface area contributed by atoms with E-state index in [1.165, 1.54) is 6.20 Å². The van der Waals surface area contributed by atoms with Gasteiger partial charge in [0.15, 0.2) is 0 Å². The van der Waals surface area contributed by atoms with Crippen LogP contribution in [0.15, 0.2) is 65.2 Å². The third kappa shape index (κ3) is 3.35. The highest BCUT2D eigenvalue weighted by molar-refractivity contribution is 5.90. The van der Waals surface area contributed by atoms with Gasteiger partial charge in [0.1, 0.15) is 11.5 Å². The Morgan fingerprint density at radius 1 is 1.25 bits per heavy atom. The van der Waals surface area contributed by atoms with E-state index in [0.29, 0.717) is 23.4 Å². The van der Waals surface area contributed by atoms with Crippen LogP contribution in [0.3, 0.4) is 0 Å². The molecule has 122 valence electrons. The number of benzene rings is 1. The summed E-state index contributed by atoms with van der Waals surface area (Å²) in [4.78, 5) is 20.8. The molecule has 0 bridgehead atoms. The first kappa shape index (κ1) is 15.9. The number of aliphatic imine (C=N–C) groups is 1. The number of hydrogen-bond donors (Lipinski definition) is 1. The number of hydrogen-bond acceptors (Lipinski definition) is 5. The Morgan fingerprint density at radius 2 is 2.08 bits per heavy atom. The summed E-state index contributed by atoms with van der Waals surface area (Å²) < 4.78 is 5.66. The molecular formula is C19H18N2O3. The van der Waals surface area contributed by atoms with E-state index in [2.05, 4.69) is 9.98 Å². The van der Waals surface area contributed by atoms with Crippen molar-refractivity contribution in [1.82, 2.24) is 4.98 Å². The van der Waals surface area contributed by atoms with Crippen molar-refractivity contribution < 1.29 is 14.6 Å². The normalized spacial score (nSPS) is 17.4. The lowest BCUT2D eigenvalue weighted by molar-refractivity contribution is 0.0598. The average Bonchev–Trinajstić information content (AvgIpc) is 2.57. The van der Waals surface area contributed by atoms with Crippen molar-refractivity contribution in [2.24, 2.45) is 4.99 Å². The van der Waals surface area contributed by atoms with Crippen LogP contribution in [-0.2, 0) is 4.74 Å². The molecule has 0 spiro atoms. The first-order chi connectivity index (χ1) is 11.5. The van der Waals surface area contributed by atoms with Crippen molar-refractivity contribution >= 4 is 11.7 Å². The van der Waals surface area contributed by atoms with Crippen molar-refractivity contribution in [2.45, 2.75) is 26.2 Å². The van der Waals surface area contributed by atoms with Gasteiger partial charge >= 0.3 is 5.97 Å². The second kappa shape index (κ2) is 6.66. The molecule has 24 heavy (non-hydrogen) atoms. The highest BCUT2D eigenvalue weighted by Crippen LogP contribution is 2.36. The Kier molecular flexibility index (Phi) is 4.42. The minimum atomic E-state index is -0.461. The number of allylic oxidation sites excluding steroid dienone is 2. The summed E-state index contributed by atoms with van der Waals surface area (Å²) in [6, 6.07) is 10.3. The zero-order valence-corrected chi connectivity index (χ0v) is 13.6. The fourth-order valence-corrected chi connectivity index (χ4v) is 2.83. The van der Waals surface area contributed by atoms with Gasteiger partial charge in [0.05, 0.1) is 11.3 Å². The fourth-order valence-electron chi connectivity index (χ4n) is 2.83. The highest BCUT2D eigenvalue weighted by atomic mass is 16.5. The van der Waals surface area contributed by atoms with E-state index < -0.39 is 5.97 Å². The molecule has 5 nitrogen and oxygen atoms in total. The summed E-state index contributed by atoms with van der Waals surface area (Å²) >= 11 is 0. The largest absolute Gasteiger partial charge is 0.508 e. The van der Waals surface area contributed by atoms with Crippen LogP contribution in [0.4, 0.5) is 0 Å². The van der Waals surface area contributed by atoms with Gasteiger partial charge in [0.25, 0.3) is 0 Å². The van der Waals surface area contributed by atoms with E-state index in [1.807, 2.05) is 19.9 Å². The molecule has 1 aromatic carbocycles. The molecule has 2 aromatic rings. The van der Waals surface area contributed by atoms with Gasteiger partial charge in [-0.15, -0.1) is 0 Å². The van der Waals surface area contributed by atoms with Gasteiger partial charge in [-0.2, -0.15) is 0 Å². The summed E-state index contributed by atoms with van der Waals surface area (Å²) in [5.41, 5.74) is 2.91. The molecule has 0 saturated heterocycles. The Morgan fingerprint density at radius 3 is 2.79 bits per heavy atom. The Bertz CT molecular complexity index is 826. The minimum absolute atomic E-state index is 0.157. The smallest absolute Gasteiger partial charge is 0.344 e. The predicted octanol–water partition coefficient (Wildman–Crippen LogP) is 3.82. The molecule has 1 aliphatic heterocycles. The van der Waals surface area contributed by atoms with E-state index in [4.69, 9.17) is 4.74 Å². The highest BCUT2D eigenvalue weighted by Gasteiger charge is 2.28. The number of carbonyl (C=O) groups excluding carboxylic acids is 1. The number of aromatic hydroxyl groups is 1. The van der Waals surface area contributed by atoms with Gasteiger partial charge in [0.2, 0.25) is 0 Å². The molecule has 0 aliphatic carbocycles. The molecule has 2 heterocycles. The van der Waals surface area contributed by atoms with Crippen LogP contribution in [-0.4, -0.2) is 21.8 Å². The second-order valence-electron chi connectivity index (χ2n) is 5.78. The molecule has 0 saturated carbocycles. The van der Waals surface area contributed by atoms with E-state index >= 15 is 0 Å². The fraction of sp³-hybridized carbons (Fsp3) is 0.211. The van der Waals surface area contributed by atoms with Crippen molar-refractivity contribution in [3.63, 3.8) is 0 Å². The third-order valence-corrected chi connectivity index (χ3v) is 3.90. The molecule has 1 aromatic heterocycles. The number of pyridine rings is 1. The van der Waals surface area contributed by atoms with E-state index in [0.717, 1.165) is 11.3 Å². The average molecular weight is 322 g/mol. The van der Waals surface area contributed by atoms with Crippen LogP contribution in [0.2, 0.25) is 0 Å². The lowest BCUT2D eigenvalue weighted by Crippen LogP contribution is -2.18. The molecular weight excluding hydrogens is 304 g/mol. The van der Waals surface area contributed by atoms with E-state index in [-0.39, 0.29) is 11.7 Å². The third-order valence-electron chi connectivity index (χ3n) is 3.90. The molecule has 1 N–H and O–H groups in total. The molecule has 1 aliphatic rings. The van der Waals surface area contributed by atoms with Gasteiger partial charge < -0.3 is 9.84 Å². The summed E-state index contributed by atoms with van der Waals surface area (Å²) in [6.45, 7) is 3.77. The Hall–Kier alpha value is -2.95. The second-order valence-corrected chi connectivity index (χ2v) is 5.78. The number of rotatable bonds is 3. The zero-order valence-electron chi connectivity index (χ0n) is 13.6. The van der Waals surface area contributed by atoms with Crippen molar-refractivity contribution in [2.75, 3.05) is 0 Å². The Labute approximate surface area is 140 Å². The number of phenols is 1. The van der Waals surface area contributed by atoms with E-state index in [1.54, 1.807) is 36.5 Å². The maximum Gasteiger partial charge on any atom is 0.344 e. The van der Waals surface area contributed by atoms with Gasteiger partial charge in [0, 0.05) is 24.0 Å². The molecule has 3 rings (SSSR count). The minimum Gasteiger partial charge on any atom is -0.508 e. The number of phenolic OH excluding ortho intramolecular Hbond substituents is 1. The first-order valence-corrected chi connectivity index (χ1v) is 7.70. The quantitative estimate of drug-likeness (QED) is 0.872. The van der Waals surface area contributed by atoms with Gasteiger partial charge in [-0.25, -0.2) is 4.79 Å². The topological polar surface area (TPSA) is 71.8 Å². The molecule has 1 unspecified atom stereocenters. The van der Waals surface area contributed by atoms with Crippen molar-refractivity contribution in [1.29, 1.82) is 0 Å². The number of carbonyl (C=O) groups is 1. The van der Waals surface area contributed by atoms with E-state index in [9.17, 15) is 9.90 Å². The molecule has 0 radical (unpaired) electrons. The maximum atomic E-state index is 12.4. The van der Waals surface area contributed by atoms with Crippen LogP contribution in [0, 0.1) is 0 Å². The monoisotopic (exact) mass is 322 g/mol. The van der Waals surface area contributed by atoms with Crippen LogP contribution in [0.5, 0.6) is 5.75 Å². The lowest BCUT2D eigenvalue weighted by Gasteiger charge is -2.25. The standard InChI is InChI=1S/C19H18N2O3/c1-12-9-17(14-5-3-7-16(22)10-14)18(13(2)21-12)24-19(23)15-6-4-8-20-11-15/h3-8,10-11,17,22H,9H2,1-2H3. The Balaban J connectivity index is 1.95. The number of nitrogens with zero attached hydrogens (tertiary/aromatic N) is 2. The number of ether oxygens (including phenoxy) is 1. The zero-order chi connectivity index (χ0) is 17.1. The summed E-state index contributed by atoms with van der Waals surface area (Å²) in [6.07, 6.45) is 3.71. The van der Waals surface area contributed by atoms with Crippen LogP contribution in [0.25, 0.3) is 0 Å². The SMILES string of the molecule is CC1=NC(C)=C(OC(=O)c2cccnc2)C(c2cccc(O)c2)C1. The number of aromatic nitrogens is 1. The summed E-state index contributed by atoms with van der Waals surface area (Å²) in [7, 11) is 0. The predicted molar refractivity (Wildman–Crippen MR) is 90.9 cm³/mol. The lowest BCUT2D eigenvalue weighted by atomic mass is 9.89. The molecule has 1 atom stereocenters. The molecule has 5 heteroatoms. The number of esters is 1. The van der Waals surface area contributed by atoms with Crippen LogP contribution < -0.4 is 0 Å². The van der Waals surface area contributed by atoms with Gasteiger partial charge in [-0.05, 0) is 50.1 Å². The maximum absolute atomic E-state index is 12.4. The van der Waals surface area contributed by atoms with Gasteiger partial charge in [-0.3, -0.25) is 9.98 Å².